The SMILES string of the molecule is CC1(C(=O)O)C=CC(Cc2ccccc2)=C(C(=O)O)C1. The second kappa shape index (κ2) is 5.33. The van der Waals surface area contributed by atoms with Crippen LogP contribution in [0.15, 0.2) is 53.6 Å². The molecule has 1 aromatic rings. The van der Waals surface area contributed by atoms with Gasteiger partial charge < -0.3 is 10.2 Å². The molecule has 4 nitrogen and oxygen atoms in total. The Bertz CT molecular complexity index is 598. The third kappa shape index (κ3) is 2.79. The summed E-state index contributed by atoms with van der Waals surface area (Å²) in [6.45, 7) is 1.54. The van der Waals surface area contributed by atoms with Crippen LogP contribution >= 0.6 is 0 Å². The molecule has 0 spiro atoms. The number of rotatable bonds is 4. The van der Waals surface area contributed by atoms with Crippen molar-refractivity contribution in [3.63, 3.8) is 0 Å². The van der Waals surface area contributed by atoms with E-state index in [4.69, 9.17) is 0 Å². The minimum absolute atomic E-state index is 0.0103. The molecule has 0 amide bonds. The summed E-state index contributed by atoms with van der Waals surface area (Å²) < 4.78 is 0. The fraction of sp³-hybridized carbons (Fsp3) is 0.250. The van der Waals surface area contributed by atoms with Crippen molar-refractivity contribution in [2.45, 2.75) is 19.8 Å². The number of hydrogen-bond acceptors (Lipinski definition) is 2. The third-order valence-electron chi connectivity index (χ3n) is 3.57. The Hall–Kier alpha value is -2.36. The van der Waals surface area contributed by atoms with E-state index in [9.17, 15) is 19.8 Å². The lowest BCUT2D eigenvalue weighted by atomic mass is 9.77. The van der Waals surface area contributed by atoms with Crippen LogP contribution in [0.25, 0.3) is 0 Å². The summed E-state index contributed by atoms with van der Waals surface area (Å²) in [5, 5.41) is 18.5. The van der Waals surface area contributed by atoms with Crippen molar-refractivity contribution in [1.29, 1.82) is 0 Å². The van der Waals surface area contributed by atoms with Gasteiger partial charge in [0.05, 0.1) is 5.41 Å². The van der Waals surface area contributed by atoms with Crippen molar-refractivity contribution in [1.82, 2.24) is 0 Å². The van der Waals surface area contributed by atoms with Crippen LogP contribution in [0.2, 0.25) is 0 Å². The summed E-state index contributed by atoms with van der Waals surface area (Å²) in [4.78, 5) is 22.6. The molecule has 1 atom stereocenters. The smallest absolute Gasteiger partial charge is 0.331 e. The molecule has 2 rings (SSSR count). The maximum atomic E-state index is 11.4. The van der Waals surface area contributed by atoms with Crippen LogP contribution in [-0.2, 0) is 16.0 Å². The summed E-state index contributed by atoms with van der Waals surface area (Å²) in [7, 11) is 0. The van der Waals surface area contributed by atoms with Crippen molar-refractivity contribution in [3.05, 3.63) is 59.2 Å². The van der Waals surface area contributed by atoms with Crippen molar-refractivity contribution in [3.8, 4) is 0 Å². The first-order chi connectivity index (χ1) is 9.42. The summed E-state index contributed by atoms with van der Waals surface area (Å²) in [5.41, 5.74) is 0.710. The Morgan fingerprint density at radius 1 is 1.20 bits per heavy atom. The number of benzene rings is 1. The first kappa shape index (κ1) is 14.1. The highest BCUT2D eigenvalue weighted by atomic mass is 16.4. The summed E-state index contributed by atoms with van der Waals surface area (Å²) >= 11 is 0. The van der Waals surface area contributed by atoms with E-state index in [-0.39, 0.29) is 12.0 Å². The lowest BCUT2D eigenvalue weighted by Gasteiger charge is -2.26. The molecule has 0 saturated heterocycles. The van der Waals surface area contributed by atoms with Crippen LogP contribution in [0.3, 0.4) is 0 Å². The Kier molecular flexibility index (Phi) is 3.74. The molecule has 4 heteroatoms. The second-order valence-electron chi connectivity index (χ2n) is 5.20. The van der Waals surface area contributed by atoms with Gasteiger partial charge in [-0.3, -0.25) is 4.79 Å². The lowest BCUT2D eigenvalue weighted by Crippen LogP contribution is -2.30. The molecular weight excluding hydrogens is 256 g/mol. The number of allylic oxidation sites excluding steroid dienone is 2. The van der Waals surface area contributed by atoms with Crippen molar-refractivity contribution < 1.29 is 19.8 Å². The van der Waals surface area contributed by atoms with Gasteiger partial charge in [0.1, 0.15) is 0 Å². The number of carboxylic acids is 2. The van der Waals surface area contributed by atoms with E-state index in [0.29, 0.717) is 12.0 Å². The highest BCUT2D eigenvalue weighted by molar-refractivity contribution is 5.91. The van der Waals surface area contributed by atoms with Crippen molar-refractivity contribution in [2.75, 3.05) is 0 Å². The highest BCUT2D eigenvalue weighted by Gasteiger charge is 2.36. The van der Waals surface area contributed by atoms with E-state index in [1.807, 2.05) is 30.3 Å². The molecule has 0 heterocycles. The quantitative estimate of drug-likeness (QED) is 0.883. The zero-order valence-electron chi connectivity index (χ0n) is 11.2. The van der Waals surface area contributed by atoms with Crippen LogP contribution in [0, 0.1) is 5.41 Å². The first-order valence-corrected chi connectivity index (χ1v) is 6.34. The van der Waals surface area contributed by atoms with Crippen LogP contribution < -0.4 is 0 Å². The minimum Gasteiger partial charge on any atom is -0.481 e. The molecule has 1 aliphatic carbocycles. The van der Waals surface area contributed by atoms with Crippen molar-refractivity contribution in [2.24, 2.45) is 5.41 Å². The molecule has 1 unspecified atom stereocenters. The van der Waals surface area contributed by atoms with Crippen LogP contribution in [0.1, 0.15) is 18.9 Å². The van der Waals surface area contributed by atoms with Crippen molar-refractivity contribution >= 4 is 11.9 Å². The molecule has 0 fully saturated rings. The topological polar surface area (TPSA) is 74.6 Å². The zero-order chi connectivity index (χ0) is 14.8. The second-order valence-corrected chi connectivity index (χ2v) is 5.20. The Morgan fingerprint density at radius 3 is 2.40 bits per heavy atom. The van der Waals surface area contributed by atoms with E-state index in [2.05, 4.69) is 0 Å². The predicted octanol–water partition coefficient (Wildman–Crippen LogP) is 2.66. The Labute approximate surface area is 117 Å². The number of carboxylic acid groups (broad SMARTS) is 2. The lowest BCUT2D eigenvalue weighted by molar-refractivity contribution is -0.145. The van der Waals surface area contributed by atoms with Crippen LogP contribution in [0.4, 0.5) is 0 Å². The third-order valence-corrected chi connectivity index (χ3v) is 3.57. The van der Waals surface area contributed by atoms with E-state index in [1.165, 1.54) is 6.92 Å². The van der Waals surface area contributed by atoms with Gasteiger partial charge in [0.15, 0.2) is 0 Å². The van der Waals surface area contributed by atoms with Gasteiger partial charge in [0, 0.05) is 5.57 Å². The Morgan fingerprint density at radius 2 is 1.85 bits per heavy atom. The van der Waals surface area contributed by atoms with Gasteiger partial charge in [-0.05, 0) is 30.9 Å². The molecule has 2 N–H and O–H groups in total. The first-order valence-electron chi connectivity index (χ1n) is 6.34. The highest BCUT2D eigenvalue weighted by Crippen LogP contribution is 2.35. The predicted molar refractivity (Wildman–Crippen MR) is 74.3 cm³/mol. The van der Waals surface area contributed by atoms with Gasteiger partial charge >= 0.3 is 11.9 Å². The van der Waals surface area contributed by atoms with E-state index in [0.717, 1.165) is 5.56 Å². The average molecular weight is 272 g/mol. The molecule has 0 radical (unpaired) electrons. The molecule has 1 aliphatic rings. The normalized spacial score (nSPS) is 21.9. The maximum Gasteiger partial charge on any atom is 0.331 e. The maximum absolute atomic E-state index is 11.4. The standard InChI is InChI=1S/C16H16O4/c1-16(15(19)20)8-7-12(13(10-16)14(17)18)9-11-5-3-2-4-6-11/h2-8H,9-10H2,1H3,(H,17,18)(H,19,20). The van der Waals surface area contributed by atoms with Crippen LogP contribution in [0.5, 0.6) is 0 Å². The monoisotopic (exact) mass is 272 g/mol. The summed E-state index contributed by atoms with van der Waals surface area (Å²) in [6.07, 6.45) is 3.72. The summed E-state index contributed by atoms with van der Waals surface area (Å²) in [6, 6.07) is 9.53. The number of aliphatic carboxylic acids is 2. The van der Waals surface area contributed by atoms with E-state index >= 15 is 0 Å². The van der Waals surface area contributed by atoms with Gasteiger partial charge in [0.2, 0.25) is 0 Å². The molecule has 104 valence electrons. The molecule has 0 aliphatic heterocycles. The fourth-order valence-corrected chi connectivity index (χ4v) is 2.27. The van der Waals surface area contributed by atoms with Gasteiger partial charge in [-0.2, -0.15) is 0 Å². The molecule has 0 aromatic heterocycles. The molecule has 0 bridgehead atoms. The Balaban J connectivity index is 2.33. The van der Waals surface area contributed by atoms with Gasteiger partial charge in [0.25, 0.3) is 0 Å². The number of hydrogen-bond donors (Lipinski definition) is 2. The minimum atomic E-state index is -1.14. The van der Waals surface area contributed by atoms with E-state index < -0.39 is 17.4 Å². The molecular formula is C16H16O4. The van der Waals surface area contributed by atoms with Gasteiger partial charge in [-0.15, -0.1) is 0 Å². The molecule has 1 aromatic carbocycles. The van der Waals surface area contributed by atoms with E-state index in [1.54, 1.807) is 12.2 Å². The molecule has 0 saturated carbocycles. The fourth-order valence-electron chi connectivity index (χ4n) is 2.27. The molecule has 20 heavy (non-hydrogen) atoms. The number of carbonyl (C=O) groups is 2. The van der Waals surface area contributed by atoms with Gasteiger partial charge in [-0.1, -0.05) is 42.5 Å². The van der Waals surface area contributed by atoms with Crippen LogP contribution in [-0.4, -0.2) is 22.2 Å². The largest absolute Gasteiger partial charge is 0.481 e. The summed E-state index contributed by atoms with van der Waals surface area (Å²) in [5.74, 6) is -2.06. The van der Waals surface area contributed by atoms with Gasteiger partial charge in [-0.25, -0.2) is 4.79 Å². The zero-order valence-corrected chi connectivity index (χ0v) is 11.2. The average Bonchev–Trinajstić information content (AvgIpc) is 2.42.